The molecule has 0 heterocycles. The molecule has 2 heteroatoms. The van der Waals surface area contributed by atoms with Gasteiger partial charge in [0.05, 0.1) is 5.75 Å². The van der Waals surface area contributed by atoms with Gasteiger partial charge in [-0.05, 0) is 6.42 Å². The van der Waals surface area contributed by atoms with Crippen LogP contribution in [-0.2, 0) is 4.79 Å². The van der Waals surface area contributed by atoms with Crippen molar-refractivity contribution in [1.29, 1.82) is 0 Å². The zero-order valence-electron chi connectivity index (χ0n) is 7.94. The summed E-state index contributed by atoms with van der Waals surface area (Å²) in [6.07, 6.45) is 1.71. The fourth-order valence-electron chi connectivity index (χ4n) is 0.648. The van der Waals surface area contributed by atoms with Crippen molar-refractivity contribution in [2.24, 2.45) is 0 Å². The molecule has 0 bridgehead atoms. The lowest BCUT2D eigenvalue weighted by Gasteiger charge is -2.16. The highest BCUT2D eigenvalue weighted by molar-refractivity contribution is 8.01. The molecule has 0 fully saturated rings. The molecule has 0 saturated carbocycles. The Bertz CT molecular complexity index is 124. The van der Waals surface area contributed by atoms with E-state index < -0.39 is 0 Å². The summed E-state index contributed by atoms with van der Waals surface area (Å²) in [7, 11) is 0. The lowest BCUT2D eigenvalue weighted by Crippen LogP contribution is -2.12. The average Bonchev–Trinajstić information content (AvgIpc) is 1.83. The van der Waals surface area contributed by atoms with Gasteiger partial charge in [-0.15, -0.1) is 11.8 Å². The van der Waals surface area contributed by atoms with E-state index in [0.29, 0.717) is 11.5 Å². The van der Waals surface area contributed by atoms with Crippen molar-refractivity contribution >= 4 is 17.5 Å². The topological polar surface area (TPSA) is 17.1 Å². The molecule has 0 aliphatic carbocycles. The lowest BCUT2D eigenvalue weighted by atomic mass is 10.2. The third kappa shape index (κ3) is 7.92. The lowest BCUT2D eigenvalue weighted by molar-refractivity contribution is -0.116. The first-order valence-corrected chi connectivity index (χ1v) is 5.10. The van der Waals surface area contributed by atoms with Gasteiger partial charge in [0.15, 0.2) is 0 Å². The molecule has 0 rings (SSSR count). The second-order valence-corrected chi connectivity index (χ2v) is 5.49. The molecule has 0 unspecified atom stereocenters. The van der Waals surface area contributed by atoms with Crippen molar-refractivity contribution in [3.63, 3.8) is 0 Å². The molecule has 0 aliphatic heterocycles. The first kappa shape index (κ1) is 11.0. The van der Waals surface area contributed by atoms with Crippen molar-refractivity contribution in [2.75, 3.05) is 5.75 Å². The molecule has 11 heavy (non-hydrogen) atoms. The summed E-state index contributed by atoms with van der Waals surface area (Å²) in [4.78, 5) is 11.1. The highest BCUT2D eigenvalue weighted by Gasteiger charge is 2.12. The molecule has 0 radical (unpaired) electrons. The molecule has 0 saturated heterocycles. The Kier molecular flexibility index (Phi) is 4.82. The number of rotatable bonds is 4. The fraction of sp³-hybridized carbons (Fsp3) is 0.889. The van der Waals surface area contributed by atoms with Crippen LogP contribution in [0.25, 0.3) is 0 Å². The maximum Gasteiger partial charge on any atom is 0.142 e. The van der Waals surface area contributed by atoms with Gasteiger partial charge in [-0.2, -0.15) is 0 Å². The van der Waals surface area contributed by atoms with Gasteiger partial charge in [0.1, 0.15) is 5.78 Å². The van der Waals surface area contributed by atoms with Gasteiger partial charge in [-0.3, -0.25) is 4.79 Å². The van der Waals surface area contributed by atoms with Crippen molar-refractivity contribution in [3.05, 3.63) is 0 Å². The monoisotopic (exact) mass is 174 g/mol. The molecule has 0 aromatic carbocycles. The number of thioether (sulfide) groups is 1. The summed E-state index contributed by atoms with van der Waals surface area (Å²) in [6, 6.07) is 0. The number of ketones is 1. The summed E-state index contributed by atoms with van der Waals surface area (Å²) in [5.41, 5.74) is 0. The van der Waals surface area contributed by atoms with Crippen LogP contribution in [-0.4, -0.2) is 16.3 Å². The van der Waals surface area contributed by atoms with Crippen LogP contribution in [0.15, 0.2) is 0 Å². The van der Waals surface area contributed by atoms with Crippen LogP contribution in [0.1, 0.15) is 40.5 Å². The van der Waals surface area contributed by atoms with Crippen molar-refractivity contribution in [2.45, 2.75) is 45.3 Å². The van der Waals surface area contributed by atoms with Crippen LogP contribution in [0, 0.1) is 0 Å². The second-order valence-electron chi connectivity index (χ2n) is 3.69. The van der Waals surface area contributed by atoms with Gasteiger partial charge in [-0.25, -0.2) is 0 Å². The Labute approximate surface area is 73.9 Å². The van der Waals surface area contributed by atoms with Crippen molar-refractivity contribution in [3.8, 4) is 0 Å². The standard InChI is InChI=1S/C9H18OS/c1-5-6-8(10)7-11-9(2,3)4/h5-7H2,1-4H3. The van der Waals surface area contributed by atoms with Crippen LogP contribution < -0.4 is 0 Å². The normalized spacial score (nSPS) is 11.6. The molecular formula is C9H18OS. The largest absolute Gasteiger partial charge is 0.299 e. The van der Waals surface area contributed by atoms with Gasteiger partial charge < -0.3 is 0 Å². The molecule has 0 amide bonds. The van der Waals surface area contributed by atoms with Crippen LogP contribution in [0.4, 0.5) is 0 Å². The summed E-state index contributed by atoms with van der Waals surface area (Å²) >= 11 is 1.73. The Hall–Kier alpha value is 0.0200. The van der Waals surface area contributed by atoms with Gasteiger partial charge in [0.25, 0.3) is 0 Å². The first-order valence-electron chi connectivity index (χ1n) is 4.11. The van der Waals surface area contributed by atoms with E-state index in [1.54, 1.807) is 11.8 Å². The molecule has 0 spiro atoms. The molecule has 0 aromatic rings. The van der Waals surface area contributed by atoms with Gasteiger partial charge in [0.2, 0.25) is 0 Å². The Morgan fingerprint density at radius 2 is 1.91 bits per heavy atom. The highest BCUT2D eigenvalue weighted by Crippen LogP contribution is 2.23. The molecular weight excluding hydrogens is 156 g/mol. The van der Waals surface area contributed by atoms with E-state index in [0.717, 1.165) is 12.8 Å². The zero-order chi connectivity index (χ0) is 8.91. The number of carbonyl (C=O) groups is 1. The summed E-state index contributed by atoms with van der Waals surface area (Å²) in [5.74, 6) is 1.06. The summed E-state index contributed by atoms with van der Waals surface area (Å²) < 4.78 is 0.226. The zero-order valence-corrected chi connectivity index (χ0v) is 8.75. The van der Waals surface area contributed by atoms with Crippen LogP contribution in [0.2, 0.25) is 0 Å². The van der Waals surface area contributed by atoms with E-state index in [9.17, 15) is 4.79 Å². The van der Waals surface area contributed by atoms with E-state index in [1.165, 1.54) is 0 Å². The van der Waals surface area contributed by atoms with E-state index in [2.05, 4.69) is 20.8 Å². The molecule has 0 aromatic heterocycles. The van der Waals surface area contributed by atoms with Crippen LogP contribution >= 0.6 is 11.8 Å². The maximum absolute atomic E-state index is 11.1. The quantitative estimate of drug-likeness (QED) is 0.652. The number of hydrogen-bond donors (Lipinski definition) is 0. The SMILES string of the molecule is CCCC(=O)CSC(C)(C)C. The summed E-state index contributed by atoms with van der Waals surface area (Å²) in [5, 5.41) is 0. The smallest absolute Gasteiger partial charge is 0.142 e. The number of Topliss-reactive ketones (excluding diaryl/α,β-unsaturated/α-hetero) is 1. The number of carbonyl (C=O) groups excluding carboxylic acids is 1. The van der Waals surface area contributed by atoms with E-state index >= 15 is 0 Å². The maximum atomic E-state index is 11.1. The predicted molar refractivity (Wildman–Crippen MR) is 52.1 cm³/mol. The molecule has 0 aliphatic rings. The second kappa shape index (κ2) is 4.81. The minimum Gasteiger partial charge on any atom is -0.299 e. The molecule has 1 nitrogen and oxygen atoms in total. The molecule has 66 valence electrons. The average molecular weight is 174 g/mol. The highest BCUT2D eigenvalue weighted by atomic mass is 32.2. The Balaban J connectivity index is 3.46. The van der Waals surface area contributed by atoms with Gasteiger partial charge >= 0.3 is 0 Å². The van der Waals surface area contributed by atoms with Crippen LogP contribution in [0.3, 0.4) is 0 Å². The van der Waals surface area contributed by atoms with Crippen molar-refractivity contribution in [1.82, 2.24) is 0 Å². The van der Waals surface area contributed by atoms with E-state index in [4.69, 9.17) is 0 Å². The van der Waals surface area contributed by atoms with Gasteiger partial charge in [0, 0.05) is 11.2 Å². The third-order valence-electron chi connectivity index (χ3n) is 1.20. The number of hydrogen-bond acceptors (Lipinski definition) is 2. The Morgan fingerprint density at radius 1 is 1.36 bits per heavy atom. The Morgan fingerprint density at radius 3 is 2.27 bits per heavy atom. The van der Waals surface area contributed by atoms with Crippen molar-refractivity contribution < 1.29 is 4.79 Å². The summed E-state index contributed by atoms with van der Waals surface area (Å²) in [6.45, 7) is 8.45. The fourth-order valence-corrected chi connectivity index (χ4v) is 1.39. The molecule has 0 atom stereocenters. The van der Waals surface area contributed by atoms with E-state index in [1.807, 2.05) is 6.92 Å². The minimum absolute atomic E-state index is 0.226. The van der Waals surface area contributed by atoms with Gasteiger partial charge in [-0.1, -0.05) is 27.7 Å². The predicted octanol–water partition coefficient (Wildman–Crippen LogP) is 2.89. The molecule has 0 N–H and O–H groups in total. The van der Waals surface area contributed by atoms with Crippen LogP contribution in [0.5, 0.6) is 0 Å². The van der Waals surface area contributed by atoms with E-state index in [-0.39, 0.29) is 4.75 Å². The first-order chi connectivity index (χ1) is 4.95. The minimum atomic E-state index is 0.226. The third-order valence-corrected chi connectivity index (χ3v) is 2.53.